The fraction of sp³-hybridized carbons (Fsp3) is 0.941. The molecule has 1 fully saturated rings. The number of nitrogens with one attached hydrogen (secondary N) is 1. The van der Waals surface area contributed by atoms with Crippen LogP contribution in [-0.4, -0.2) is 49.2 Å². The molecular weight excluding hydrogens is 264 g/mol. The first-order valence-corrected chi connectivity index (χ1v) is 8.70. The lowest BCUT2D eigenvalue weighted by Crippen LogP contribution is -2.42. The Bertz CT molecular complexity index is 285. The van der Waals surface area contributed by atoms with Gasteiger partial charge < -0.3 is 15.0 Å². The standard InChI is InChI=1S/C17H34N2O2/c1-5-15(6-2)19(13-14(3)4)17(20)9-12-21-16-7-10-18-11-8-16/h14-16,18H,5-13H2,1-4H3. The molecule has 0 saturated carbocycles. The first-order valence-electron chi connectivity index (χ1n) is 8.70. The molecule has 1 aliphatic heterocycles. The van der Waals surface area contributed by atoms with Gasteiger partial charge in [-0.3, -0.25) is 4.79 Å². The van der Waals surface area contributed by atoms with Crippen LogP contribution in [0.1, 0.15) is 59.8 Å². The van der Waals surface area contributed by atoms with Crippen LogP contribution in [0.15, 0.2) is 0 Å². The Morgan fingerprint density at radius 1 is 1.24 bits per heavy atom. The molecule has 1 amide bonds. The predicted molar refractivity (Wildman–Crippen MR) is 87.4 cm³/mol. The number of carbonyl (C=O) groups is 1. The molecule has 1 heterocycles. The molecule has 0 aliphatic carbocycles. The lowest BCUT2D eigenvalue weighted by atomic mass is 10.1. The third-order valence-electron chi connectivity index (χ3n) is 4.22. The van der Waals surface area contributed by atoms with Crippen molar-refractivity contribution in [3.63, 3.8) is 0 Å². The van der Waals surface area contributed by atoms with Crippen molar-refractivity contribution in [3.8, 4) is 0 Å². The number of amides is 1. The highest BCUT2D eigenvalue weighted by Crippen LogP contribution is 2.14. The third-order valence-corrected chi connectivity index (χ3v) is 4.22. The molecule has 0 aromatic carbocycles. The SMILES string of the molecule is CCC(CC)N(CC(C)C)C(=O)CCOC1CCNCC1. The van der Waals surface area contributed by atoms with Crippen LogP contribution >= 0.6 is 0 Å². The lowest BCUT2D eigenvalue weighted by molar-refractivity contribution is -0.136. The number of ether oxygens (including phenoxy) is 1. The Morgan fingerprint density at radius 3 is 2.38 bits per heavy atom. The molecular formula is C17H34N2O2. The highest BCUT2D eigenvalue weighted by Gasteiger charge is 2.22. The molecule has 0 unspecified atom stereocenters. The molecule has 1 aliphatic rings. The van der Waals surface area contributed by atoms with Gasteiger partial charge in [0.05, 0.1) is 19.1 Å². The number of hydrogen-bond acceptors (Lipinski definition) is 3. The van der Waals surface area contributed by atoms with Gasteiger partial charge >= 0.3 is 0 Å². The highest BCUT2D eigenvalue weighted by molar-refractivity contribution is 5.76. The molecule has 0 aromatic rings. The minimum Gasteiger partial charge on any atom is -0.378 e. The Kier molecular flexibility index (Phi) is 8.93. The average Bonchev–Trinajstić information content (AvgIpc) is 2.48. The van der Waals surface area contributed by atoms with E-state index in [1.165, 1.54) is 0 Å². The normalized spacial score (nSPS) is 16.7. The molecule has 1 saturated heterocycles. The van der Waals surface area contributed by atoms with Gasteiger partial charge in [-0.1, -0.05) is 27.7 Å². The van der Waals surface area contributed by atoms with Crippen LogP contribution in [0, 0.1) is 5.92 Å². The van der Waals surface area contributed by atoms with Crippen molar-refractivity contribution in [1.82, 2.24) is 10.2 Å². The van der Waals surface area contributed by atoms with Gasteiger partial charge in [0.15, 0.2) is 0 Å². The molecule has 1 N–H and O–H groups in total. The summed E-state index contributed by atoms with van der Waals surface area (Å²) in [6.07, 6.45) is 5.06. The van der Waals surface area contributed by atoms with Gasteiger partial charge in [-0.05, 0) is 44.7 Å². The van der Waals surface area contributed by atoms with Gasteiger partial charge in [0.1, 0.15) is 0 Å². The van der Waals surface area contributed by atoms with Crippen molar-refractivity contribution in [2.45, 2.75) is 71.9 Å². The second-order valence-electron chi connectivity index (χ2n) is 6.48. The van der Waals surface area contributed by atoms with E-state index in [9.17, 15) is 4.79 Å². The van der Waals surface area contributed by atoms with Gasteiger partial charge in [-0.2, -0.15) is 0 Å². The summed E-state index contributed by atoms with van der Waals surface area (Å²) in [5.41, 5.74) is 0. The molecule has 4 nitrogen and oxygen atoms in total. The van der Waals surface area contributed by atoms with Crippen LogP contribution in [0.3, 0.4) is 0 Å². The molecule has 4 heteroatoms. The van der Waals surface area contributed by atoms with Crippen molar-refractivity contribution in [1.29, 1.82) is 0 Å². The van der Waals surface area contributed by atoms with Gasteiger partial charge in [0.2, 0.25) is 5.91 Å². The number of piperidine rings is 1. The minimum absolute atomic E-state index is 0.256. The van der Waals surface area contributed by atoms with E-state index in [1.807, 2.05) is 0 Å². The quantitative estimate of drug-likeness (QED) is 0.711. The van der Waals surface area contributed by atoms with Crippen LogP contribution < -0.4 is 5.32 Å². The fourth-order valence-corrected chi connectivity index (χ4v) is 3.00. The van der Waals surface area contributed by atoms with Crippen LogP contribution in [0.25, 0.3) is 0 Å². The van der Waals surface area contributed by atoms with Gasteiger partial charge in [-0.15, -0.1) is 0 Å². The van der Waals surface area contributed by atoms with E-state index in [4.69, 9.17) is 4.74 Å². The van der Waals surface area contributed by atoms with Crippen molar-refractivity contribution in [2.75, 3.05) is 26.2 Å². The van der Waals surface area contributed by atoms with Crippen molar-refractivity contribution in [3.05, 3.63) is 0 Å². The molecule has 0 spiro atoms. The second kappa shape index (κ2) is 10.2. The van der Waals surface area contributed by atoms with Crippen LogP contribution in [0.2, 0.25) is 0 Å². The molecule has 0 bridgehead atoms. The smallest absolute Gasteiger partial charge is 0.225 e. The van der Waals surface area contributed by atoms with E-state index in [0.29, 0.717) is 31.1 Å². The topological polar surface area (TPSA) is 41.6 Å². The highest BCUT2D eigenvalue weighted by atomic mass is 16.5. The van der Waals surface area contributed by atoms with Crippen LogP contribution in [-0.2, 0) is 9.53 Å². The summed E-state index contributed by atoms with van der Waals surface area (Å²) in [5, 5.41) is 3.33. The summed E-state index contributed by atoms with van der Waals surface area (Å²) >= 11 is 0. The zero-order valence-electron chi connectivity index (χ0n) is 14.4. The van der Waals surface area contributed by atoms with Crippen molar-refractivity contribution in [2.24, 2.45) is 5.92 Å². The van der Waals surface area contributed by atoms with E-state index < -0.39 is 0 Å². The summed E-state index contributed by atoms with van der Waals surface area (Å²) in [5.74, 6) is 0.770. The number of rotatable bonds is 9. The van der Waals surface area contributed by atoms with E-state index in [0.717, 1.165) is 45.3 Å². The zero-order valence-corrected chi connectivity index (χ0v) is 14.4. The van der Waals surface area contributed by atoms with Crippen molar-refractivity contribution < 1.29 is 9.53 Å². The number of nitrogens with zero attached hydrogens (tertiary/aromatic N) is 1. The van der Waals surface area contributed by atoms with E-state index in [-0.39, 0.29) is 5.91 Å². The van der Waals surface area contributed by atoms with E-state index >= 15 is 0 Å². The summed E-state index contributed by atoms with van der Waals surface area (Å²) in [7, 11) is 0. The Morgan fingerprint density at radius 2 is 1.86 bits per heavy atom. The minimum atomic E-state index is 0.256. The lowest BCUT2D eigenvalue weighted by Gasteiger charge is -2.32. The maximum atomic E-state index is 12.5. The zero-order chi connectivity index (χ0) is 15.7. The number of hydrogen-bond donors (Lipinski definition) is 1. The van der Waals surface area contributed by atoms with Gasteiger partial charge in [-0.25, -0.2) is 0 Å². The first kappa shape index (κ1) is 18.4. The summed E-state index contributed by atoms with van der Waals surface area (Å²) < 4.78 is 5.87. The largest absolute Gasteiger partial charge is 0.378 e. The van der Waals surface area contributed by atoms with Crippen LogP contribution in [0.4, 0.5) is 0 Å². The maximum Gasteiger partial charge on any atom is 0.225 e. The van der Waals surface area contributed by atoms with E-state index in [1.54, 1.807) is 0 Å². The Hall–Kier alpha value is -0.610. The summed E-state index contributed by atoms with van der Waals surface area (Å²) in [4.78, 5) is 14.6. The third kappa shape index (κ3) is 6.79. The molecule has 1 rings (SSSR count). The molecule has 0 aromatic heterocycles. The Balaban J connectivity index is 2.39. The Labute approximate surface area is 130 Å². The molecule has 21 heavy (non-hydrogen) atoms. The van der Waals surface area contributed by atoms with Gasteiger partial charge in [0.25, 0.3) is 0 Å². The monoisotopic (exact) mass is 298 g/mol. The molecule has 0 atom stereocenters. The molecule has 0 radical (unpaired) electrons. The number of carbonyl (C=O) groups excluding carboxylic acids is 1. The summed E-state index contributed by atoms with van der Waals surface area (Å²) in [6, 6.07) is 0.374. The fourth-order valence-electron chi connectivity index (χ4n) is 3.00. The average molecular weight is 298 g/mol. The second-order valence-corrected chi connectivity index (χ2v) is 6.48. The summed E-state index contributed by atoms with van der Waals surface area (Å²) in [6.45, 7) is 12.2. The first-order chi connectivity index (χ1) is 10.1. The predicted octanol–water partition coefficient (Wildman–Crippen LogP) is 2.82. The van der Waals surface area contributed by atoms with Gasteiger partial charge in [0, 0.05) is 12.6 Å². The maximum absolute atomic E-state index is 12.5. The van der Waals surface area contributed by atoms with E-state index in [2.05, 4.69) is 37.9 Å². The molecule has 124 valence electrons. The van der Waals surface area contributed by atoms with Crippen molar-refractivity contribution >= 4 is 5.91 Å². The van der Waals surface area contributed by atoms with Crippen LogP contribution in [0.5, 0.6) is 0 Å².